The van der Waals surface area contributed by atoms with Crippen LogP contribution in [0.15, 0.2) is 24.3 Å². The van der Waals surface area contributed by atoms with Crippen molar-refractivity contribution in [3.05, 3.63) is 24.3 Å². The van der Waals surface area contributed by atoms with Gasteiger partial charge in [0.1, 0.15) is 11.4 Å². The molecule has 1 aliphatic rings. The SMILES string of the molecule is COC1(C(=O)Nc2cccc(OCC(=O)O)c2)CCCCC1. The van der Waals surface area contributed by atoms with Crippen LogP contribution in [0.2, 0.25) is 0 Å². The average Bonchev–Trinajstić information content (AvgIpc) is 2.54. The van der Waals surface area contributed by atoms with E-state index in [2.05, 4.69) is 5.32 Å². The van der Waals surface area contributed by atoms with Crippen LogP contribution in [0.1, 0.15) is 32.1 Å². The molecule has 22 heavy (non-hydrogen) atoms. The van der Waals surface area contributed by atoms with E-state index in [0.29, 0.717) is 24.3 Å². The first kappa shape index (κ1) is 16.3. The lowest BCUT2D eigenvalue weighted by Crippen LogP contribution is -2.46. The quantitative estimate of drug-likeness (QED) is 0.843. The number of carbonyl (C=O) groups is 2. The number of amides is 1. The Bertz CT molecular complexity index is 537. The van der Waals surface area contributed by atoms with Gasteiger partial charge in [0.25, 0.3) is 5.91 Å². The van der Waals surface area contributed by atoms with Gasteiger partial charge in [-0.3, -0.25) is 4.79 Å². The molecule has 0 aromatic heterocycles. The number of carboxylic acid groups (broad SMARTS) is 1. The lowest BCUT2D eigenvalue weighted by Gasteiger charge is -2.34. The molecule has 1 amide bonds. The Balaban J connectivity index is 2.04. The maximum absolute atomic E-state index is 12.5. The zero-order valence-corrected chi connectivity index (χ0v) is 12.6. The lowest BCUT2D eigenvalue weighted by molar-refractivity contribution is -0.141. The summed E-state index contributed by atoms with van der Waals surface area (Å²) < 4.78 is 10.6. The van der Waals surface area contributed by atoms with Crippen molar-refractivity contribution < 1.29 is 24.2 Å². The molecular weight excluding hydrogens is 286 g/mol. The van der Waals surface area contributed by atoms with Gasteiger partial charge in [-0.05, 0) is 25.0 Å². The van der Waals surface area contributed by atoms with Gasteiger partial charge in [-0.2, -0.15) is 0 Å². The topological polar surface area (TPSA) is 84.9 Å². The van der Waals surface area contributed by atoms with E-state index in [1.54, 1.807) is 31.4 Å². The van der Waals surface area contributed by atoms with E-state index in [1.807, 2.05) is 0 Å². The Kier molecular flexibility index (Phi) is 5.38. The number of nitrogens with one attached hydrogen (secondary N) is 1. The van der Waals surface area contributed by atoms with E-state index in [1.165, 1.54) is 0 Å². The third-order valence-corrected chi connectivity index (χ3v) is 3.92. The zero-order valence-electron chi connectivity index (χ0n) is 12.6. The van der Waals surface area contributed by atoms with Crippen LogP contribution in [-0.2, 0) is 14.3 Å². The number of hydrogen-bond donors (Lipinski definition) is 2. The second-order valence-corrected chi connectivity index (χ2v) is 5.42. The van der Waals surface area contributed by atoms with Crippen molar-refractivity contribution in [3.8, 4) is 5.75 Å². The van der Waals surface area contributed by atoms with Crippen LogP contribution in [0.3, 0.4) is 0 Å². The van der Waals surface area contributed by atoms with Gasteiger partial charge < -0.3 is 19.9 Å². The van der Waals surface area contributed by atoms with E-state index in [0.717, 1.165) is 19.3 Å². The van der Waals surface area contributed by atoms with Crippen LogP contribution in [0.25, 0.3) is 0 Å². The molecule has 0 spiro atoms. The van der Waals surface area contributed by atoms with E-state index in [9.17, 15) is 9.59 Å². The Morgan fingerprint density at radius 1 is 1.27 bits per heavy atom. The summed E-state index contributed by atoms with van der Waals surface area (Å²) in [6.07, 6.45) is 4.50. The molecule has 1 aromatic rings. The first-order valence-corrected chi connectivity index (χ1v) is 7.37. The standard InChI is InChI=1S/C16H21NO5/c1-21-16(8-3-2-4-9-16)15(20)17-12-6-5-7-13(10-12)22-11-14(18)19/h5-7,10H,2-4,8-9,11H2,1H3,(H,17,20)(H,18,19). The molecule has 2 rings (SSSR count). The highest BCUT2D eigenvalue weighted by molar-refractivity contribution is 5.97. The predicted molar refractivity (Wildman–Crippen MR) is 81.0 cm³/mol. The Hall–Kier alpha value is -2.08. The molecule has 0 saturated heterocycles. The van der Waals surface area contributed by atoms with Crippen LogP contribution in [0.5, 0.6) is 5.75 Å². The zero-order chi connectivity index (χ0) is 16.0. The molecule has 1 fully saturated rings. The molecule has 0 unspecified atom stereocenters. The van der Waals surface area contributed by atoms with Crippen LogP contribution in [0.4, 0.5) is 5.69 Å². The highest BCUT2D eigenvalue weighted by atomic mass is 16.5. The number of benzene rings is 1. The summed E-state index contributed by atoms with van der Waals surface area (Å²) in [4.78, 5) is 23.0. The molecule has 0 aliphatic heterocycles. The van der Waals surface area contributed by atoms with E-state index in [-0.39, 0.29) is 5.91 Å². The van der Waals surface area contributed by atoms with E-state index < -0.39 is 18.2 Å². The second-order valence-electron chi connectivity index (χ2n) is 5.42. The van der Waals surface area contributed by atoms with Crippen LogP contribution in [-0.4, -0.2) is 36.3 Å². The Labute approximate surface area is 129 Å². The summed E-state index contributed by atoms with van der Waals surface area (Å²) in [7, 11) is 1.57. The number of carboxylic acids is 1. The summed E-state index contributed by atoms with van der Waals surface area (Å²) in [5, 5.41) is 11.5. The van der Waals surface area contributed by atoms with E-state index >= 15 is 0 Å². The fourth-order valence-electron chi connectivity index (χ4n) is 2.70. The van der Waals surface area contributed by atoms with Crippen molar-refractivity contribution in [3.63, 3.8) is 0 Å². The van der Waals surface area contributed by atoms with Gasteiger partial charge >= 0.3 is 5.97 Å². The summed E-state index contributed by atoms with van der Waals surface area (Å²) in [6.45, 7) is -0.417. The van der Waals surface area contributed by atoms with Gasteiger partial charge in [0.15, 0.2) is 6.61 Å². The number of aliphatic carboxylic acids is 1. The molecule has 1 saturated carbocycles. The fourth-order valence-corrected chi connectivity index (χ4v) is 2.70. The third-order valence-electron chi connectivity index (χ3n) is 3.92. The summed E-state index contributed by atoms with van der Waals surface area (Å²) in [6, 6.07) is 6.68. The molecular formula is C16H21NO5. The lowest BCUT2D eigenvalue weighted by atomic mass is 9.84. The largest absolute Gasteiger partial charge is 0.482 e. The van der Waals surface area contributed by atoms with Gasteiger partial charge in [0.2, 0.25) is 0 Å². The molecule has 0 bridgehead atoms. The van der Waals surface area contributed by atoms with Crippen LogP contribution >= 0.6 is 0 Å². The molecule has 120 valence electrons. The number of anilines is 1. The smallest absolute Gasteiger partial charge is 0.341 e. The Morgan fingerprint density at radius 3 is 2.64 bits per heavy atom. The minimum Gasteiger partial charge on any atom is -0.482 e. The van der Waals surface area contributed by atoms with Gasteiger partial charge in [-0.25, -0.2) is 4.79 Å². The first-order chi connectivity index (χ1) is 10.6. The molecule has 2 N–H and O–H groups in total. The normalized spacial score (nSPS) is 16.8. The Morgan fingerprint density at radius 2 is 2.00 bits per heavy atom. The predicted octanol–water partition coefficient (Wildman–Crippen LogP) is 2.44. The molecule has 0 atom stereocenters. The summed E-state index contributed by atoms with van der Waals surface area (Å²) in [5.74, 6) is -0.810. The maximum atomic E-state index is 12.5. The fraction of sp³-hybridized carbons (Fsp3) is 0.500. The van der Waals surface area contributed by atoms with Gasteiger partial charge in [-0.1, -0.05) is 25.3 Å². The van der Waals surface area contributed by atoms with Crippen LogP contribution in [0, 0.1) is 0 Å². The number of methoxy groups -OCH3 is 1. The number of hydrogen-bond acceptors (Lipinski definition) is 4. The monoisotopic (exact) mass is 307 g/mol. The van der Waals surface area contributed by atoms with Crippen LogP contribution < -0.4 is 10.1 Å². The number of ether oxygens (including phenoxy) is 2. The summed E-state index contributed by atoms with van der Waals surface area (Å²) >= 11 is 0. The molecule has 0 heterocycles. The number of rotatable bonds is 6. The molecule has 1 aliphatic carbocycles. The highest BCUT2D eigenvalue weighted by Gasteiger charge is 2.39. The maximum Gasteiger partial charge on any atom is 0.341 e. The molecule has 6 heteroatoms. The van der Waals surface area contributed by atoms with Gasteiger partial charge in [0.05, 0.1) is 0 Å². The molecule has 6 nitrogen and oxygen atoms in total. The van der Waals surface area contributed by atoms with Crippen molar-refractivity contribution in [1.29, 1.82) is 0 Å². The molecule has 0 radical (unpaired) electrons. The minimum absolute atomic E-state index is 0.162. The van der Waals surface area contributed by atoms with Crippen molar-refractivity contribution >= 4 is 17.6 Å². The van der Waals surface area contributed by atoms with Crippen molar-refractivity contribution in [2.45, 2.75) is 37.7 Å². The van der Waals surface area contributed by atoms with E-state index in [4.69, 9.17) is 14.6 Å². The minimum atomic E-state index is -1.05. The van der Waals surface area contributed by atoms with Crippen molar-refractivity contribution in [2.75, 3.05) is 19.0 Å². The first-order valence-electron chi connectivity index (χ1n) is 7.37. The summed E-state index contributed by atoms with van der Waals surface area (Å²) in [5.41, 5.74) is -0.203. The van der Waals surface area contributed by atoms with Crippen molar-refractivity contribution in [1.82, 2.24) is 0 Å². The van der Waals surface area contributed by atoms with Gasteiger partial charge in [0, 0.05) is 18.9 Å². The van der Waals surface area contributed by atoms with Gasteiger partial charge in [-0.15, -0.1) is 0 Å². The second kappa shape index (κ2) is 7.26. The average molecular weight is 307 g/mol. The highest BCUT2D eigenvalue weighted by Crippen LogP contribution is 2.32. The van der Waals surface area contributed by atoms with Crippen molar-refractivity contribution in [2.24, 2.45) is 0 Å². The molecule has 1 aromatic carbocycles. The third kappa shape index (κ3) is 3.98. The number of carbonyl (C=O) groups excluding carboxylic acids is 1.